The maximum absolute atomic E-state index is 6.87. The van der Waals surface area contributed by atoms with E-state index in [-0.39, 0.29) is 0 Å². The molecule has 0 radical (unpaired) electrons. The average Bonchev–Trinajstić information content (AvgIpc) is 3.90. The molecule has 13 rings (SSSR count). The van der Waals surface area contributed by atoms with E-state index >= 15 is 0 Å². The van der Waals surface area contributed by atoms with Crippen LogP contribution < -0.4 is 0 Å². The van der Waals surface area contributed by atoms with E-state index in [0.717, 1.165) is 22.1 Å². The summed E-state index contributed by atoms with van der Waals surface area (Å²) in [5.41, 5.74) is 18.2. The van der Waals surface area contributed by atoms with Crippen LogP contribution in [0, 0.1) is 6.92 Å². The predicted octanol–water partition coefficient (Wildman–Crippen LogP) is 15.0. The molecule has 0 fully saturated rings. The zero-order valence-electron chi connectivity index (χ0n) is 31.3. The molecule has 2 aliphatic carbocycles. The van der Waals surface area contributed by atoms with Crippen molar-refractivity contribution in [2.24, 2.45) is 0 Å². The van der Waals surface area contributed by atoms with Gasteiger partial charge in [-0.25, -0.2) is 0 Å². The van der Waals surface area contributed by atoms with Crippen LogP contribution in [-0.4, -0.2) is 0 Å². The topological polar surface area (TPSA) is 13.1 Å². The Morgan fingerprint density at radius 3 is 1.61 bits per heavy atom. The number of rotatable bonds is 2. The van der Waals surface area contributed by atoms with E-state index < -0.39 is 5.41 Å². The van der Waals surface area contributed by atoms with Crippen molar-refractivity contribution >= 4 is 54.3 Å². The third-order valence-corrected chi connectivity index (χ3v) is 13.1. The number of benzene rings is 10. The van der Waals surface area contributed by atoms with Crippen LogP contribution in [0.15, 0.2) is 192 Å². The Balaban J connectivity index is 1.15. The lowest BCUT2D eigenvalue weighted by Gasteiger charge is -2.31. The lowest BCUT2D eigenvalue weighted by molar-refractivity contribution is 0.670. The highest BCUT2D eigenvalue weighted by Gasteiger charge is 2.51. The monoisotopic (exact) mass is 722 g/mol. The first-order chi connectivity index (χ1) is 28.2. The average molecular weight is 723 g/mol. The molecule has 0 saturated heterocycles. The maximum atomic E-state index is 6.87. The molecular formula is C56H34O. The Kier molecular flexibility index (Phi) is 6.09. The van der Waals surface area contributed by atoms with Crippen molar-refractivity contribution in [2.75, 3.05) is 0 Å². The van der Waals surface area contributed by atoms with Crippen LogP contribution >= 0.6 is 0 Å². The maximum Gasteiger partial charge on any atom is 0.143 e. The summed E-state index contributed by atoms with van der Waals surface area (Å²) in [6.07, 6.45) is 0. The molecule has 1 heteroatoms. The van der Waals surface area contributed by atoms with E-state index in [0.29, 0.717) is 0 Å². The van der Waals surface area contributed by atoms with Crippen LogP contribution in [0.4, 0.5) is 0 Å². The molecule has 0 bridgehead atoms. The largest absolute Gasteiger partial charge is 0.455 e. The molecule has 1 nitrogen and oxygen atoms in total. The van der Waals surface area contributed by atoms with Gasteiger partial charge in [-0.15, -0.1) is 0 Å². The zero-order chi connectivity index (χ0) is 37.4. The molecule has 1 spiro atoms. The quantitative estimate of drug-likeness (QED) is 0.162. The number of para-hydroxylation sites is 1. The Hall–Kier alpha value is -7.22. The molecule has 10 aromatic carbocycles. The molecule has 0 amide bonds. The second-order valence-corrected chi connectivity index (χ2v) is 15.9. The highest BCUT2D eigenvalue weighted by atomic mass is 16.3. The third kappa shape index (κ3) is 3.93. The molecule has 2 aliphatic rings. The lowest BCUT2D eigenvalue weighted by Crippen LogP contribution is -2.25. The summed E-state index contributed by atoms with van der Waals surface area (Å²) in [4.78, 5) is 0. The molecule has 0 saturated carbocycles. The molecule has 0 N–H and O–H groups in total. The van der Waals surface area contributed by atoms with E-state index in [2.05, 4.69) is 195 Å². The normalized spacial score (nSPS) is 13.5. The summed E-state index contributed by atoms with van der Waals surface area (Å²) in [6.45, 7) is 2.21. The molecule has 11 aromatic rings. The molecule has 0 unspecified atom stereocenters. The van der Waals surface area contributed by atoms with Gasteiger partial charge in [0.15, 0.2) is 0 Å². The molecule has 0 aliphatic heterocycles. The number of hydrogen-bond donors (Lipinski definition) is 0. The minimum atomic E-state index is -0.408. The fraction of sp³-hybridized carbons (Fsp3) is 0.0357. The van der Waals surface area contributed by atoms with Gasteiger partial charge in [0.1, 0.15) is 11.2 Å². The van der Waals surface area contributed by atoms with Gasteiger partial charge in [0.05, 0.1) is 5.41 Å². The van der Waals surface area contributed by atoms with Crippen LogP contribution in [0.3, 0.4) is 0 Å². The summed E-state index contributed by atoms with van der Waals surface area (Å²) >= 11 is 0. The van der Waals surface area contributed by atoms with Crippen LogP contribution in [0.25, 0.3) is 98.8 Å². The van der Waals surface area contributed by atoms with Crippen LogP contribution in [-0.2, 0) is 5.41 Å². The number of furan rings is 1. The first-order valence-corrected chi connectivity index (χ1v) is 19.9. The Bertz CT molecular complexity index is 3480. The van der Waals surface area contributed by atoms with Crippen molar-refractivity contribution in [3.63, 3.8) is 0 Å². The second-order valence-electron chi connectivity index (χ2n) is 15.9. The minimum Gasteiger partial charge on any atom is -0.455 e. The standard InChI is InChI=1S/C56H34O/c1-33-26-28-43-45(30-33)52(41-19-4-5-20-42(41)53(43)46-31-34-14-2-3-15-36(34)54-44-21-9-13-25-51(44)57-55(46)54)35-27-29-40-39-18-8-12-24-49(39)56(50(40)32-35)47-22-10-6-16-37(47)38-17-7-11-23-48(38)56/h2-32H,1H3. The predicted molar refractivity (Wildman–Crippen MR) is 238 cm³/mol. The fourth-order valence-corrected chi connectivity index (χ4v) is 10.9. The van der Waals surface area contributed by atoms with E-state index in [1.165, 1.54) is 104 Å². The fourth-order valence-electron chi connectivity index (χ4n) is 10.9. The molecule has 264 valence electrons. The summed E-state index contributed by atoms with van der Waals surface area (Å²) in [5, 5.41) is 9.67. The van der Waals surface area contributed by atoms with E-state index in [1.807, 2.05) is 0 Å². The Labute approximate surface area is 330 Å². The van der Waals surface area contributed by atoms with Crippen molar-refractivity contribution in [3.8, 4) is 44.5 Å². The van der Waals surface area contributed by atoms with Gasteiger partial charge in [-0.05, 0) is 113 Å². The molecule has 57 heavy (non-hydrogen) atoms. The van der Waals surface area contributed by atoms with Crippen LogP contribution in [0.1, 0.15) is 27.8 Å². The van der Waals surface area contributed by atoms with Crippen molar-refractivity contribution in [2.45, 2.75) is 12.3 Å². The van der Waals surface area contributed by atoms with E-state index in [1.54, 1.807) is 0 Å². The highest BCUT2D eigenvalue weighted by molar-refractivity contribution is 6.28. The highest BCUT2D eigenvalue weighted by Crippen LogP contribution is 2.63. The third-order valence-electron chi connectivity index (χ3n) is 13.1. The van der Waals surface area contributed by atoms with Crippen molar-refractivity contribution < 1.29 is 4.42 Å². The van der Waals surface area contributed by atoms with Crippen LogP contribution in [0.2, 0.25) is 0 Å². The van der Waals surface area contributed by atoms with Crippen molar-refractivity contribution in [1.82, 2.24) is 0 Å². The molecule has 1 heterocycles. The first kappa shape index (κ1) is 31.0. The lowest BCUT2D eigenvalue weighted by atomic mass is 9.70. The molecule has 1 aromatic heterocycles. The van der Waals surface area contributed by atoms with Crippen molar-refractivity contribution in [1.29, 1.82) is 0 Å². The Morgan fingerprint density at radius 1 is 0.368 bits per heavy atom. The van der Waals surface area contributed by atoms with Crippen molar-refractivity contribution in [3.05, 3.63) is 216 Å². The summed E-state index contributed by atoms with van der Waals surface area (Å²) in [5.74, 6) is 0. The summed E-state index contributed by atoms with van der Waals surface area (Å²) < 4.78 is 6.87. The SMILES string of the molecule is Cc1ccc2c(-c3cc4ccccc4c4c3oc3ccccc34)c3ccccc3c(-c3ccc4c(c3)C3(c5ccccc5-c5ccccc53)c3ccccc3-4)c2c1. The van der Waals surface area contributed by atoms with Gasteiger partial charge < -0.3 is 4.42 Å². The molecular weight excluding hydrogens is 689 g/mol. The smallest absolute Gasteiger partial charge is 0.143 e. The number of fused-ring (bicyclic) bond motifs is 17. The number of hydrogen-bond acceptors (Lipinski definition) is 1. The van der Waals surface area contributed by atoms with Gasteiger partial charge in [0.2, 0.25) is 0 Å². The van der Waals surface area contributed by atoms with E-state index in [4.69, 9.17) is 4.42 Å². The van der Waals surface area contributed by atoms with E-state index in [9.17, 15) is 0 Å². The zero-order valence-corrected chi connectivity index (χ0v) is 31.3. The Morgan fingerprint density at radius 2 is 0.912 bits per heavy atom. The van der Waals surface area contributed by atoms with Gasteiger partial charge in [-0.1, -0.05) is 175 Å². The second kappa shape index (κ2) is 11.2. The number of aryl methyl sites for hydroxylation is 1. The summed E-state index contributed by atoms with van der Waals surface area (Å²) in [6, 6.07) is 70.1. The van der Waals surface area contributed by atoms with Crippen LogP contribution in [0.5, 0.6) is 0 Å². The van der Waals surface area contributed by atoms with Gasteiger partial charge >= 0.3 is 0 Å². The minimum absolute atomic E-state index is 0.408. The van der Waals surface area contributed by atoms with Gasteiger partial charge in [-0.2, -0.15) is 0 Å². The first-order valence-electron chi connectivity index (χ1n) is 19.9. The van der Waals surface area contributed by atoms with Gasteiger partial charge in [0, 0.05) is 21.9 Å². The summed E-state index contributed by atoms with van der Waals surface area (Å²) in [7, 11) is 0. The van der Waals surface area contributed by atoms with Gasteiger partial charge in [-0.3, -0.25) is 0 Å². The van der Waals surface area contributed by atoms with Gasteiger partial charge in [0.25, 0.3) is 0 Å². The molecule has 0 atom stereocenters.